The van der Waals surface area contributed by atoms with Gasteiger partial charge in [-0.05, 0) is 18.2 Å². The van der Waals surface area contributed by atoms with Gasteiger partial charge in [-0.2, -0.15) is 5.10 Å². The molecule has 1 fully saturated rings. The highest BCUT2D eigenvalue weighted by Crippen LogP contribution is 2.22. The molecule has 0 unspecified atom stereocenters. The Kier molecular flexibility index (Phi) is 5.53. The molecule has 3 rings (SSSR count). The van der Waals surface area contributed by atoms with Gasteiger partial charge in [0.2, 0.25) is 0 Å². The predicted molar refractivity (Wildman–Crippen MR) is 101 cm³/mol. The monoisotopic (exact) mass is 373 g/mol. The van der Waals surface area contributed by atoms with Gasteiger partial charge in [0.25, 0.3) is 5.91 Å². The van der Waals surface area contributed by atoms with E-state index in [1.807, 2.05) is 51.1 Å². The number of amides is 1. The quantitative estimate of drug-likeness (QED) is 0.856. The molecule has 0 saturated carbocycles. The third-order valence-corrected chi connectivity index (χ3v) is 4.50. The minimum atomic E-state index is -1.29. The highest BCUT2D eigenvalue weighted by Gasteiger charge is 2.36. The van der Waals surface area contributed by atoms with Crippen molar-refractivity contribution in [2.75, 3.05) is 32.9 Å². The summed E-state index contributed by atoms with van der Waals surface area (Å²) in [6.45, 7) is 7.17. The maximum absolute atomic E-state index is 12.9. The summed E-state index contributed by atoms with van der Waals surface area (Å²) in [5.74, 6) is 0.431. The summed E-state index contributed by atoms with van der Waals surface area (Å²) in [5.41, 5.74) is -0.184. The van der Waals surface area contributed by atoms with E-state index in [4.69, 9.17) is 9.47 Å². The van der Waals surface area contributed by atoms with E-state index in [2.05, 4.69) is 10.2 Å². The second-order valence-electron chi connectivity index (χ2n) is 8.02. The number of carbonyl (C=O) groups is 1. The Morgan fingerprint density at radius 3 is 2.78 bits per heavy atom. The molecule has 1 amide bonds. The molecule has 1 aromatic heterocycles. The number of carbonyl (C=O) groups excluding carboxylic acids is 1. The van der Waals surface area contributed by atoms with Crippen LogP contribution in [0.25, 0.3) is 0 Å². The average Bonchev–Trinajstić information content (AvgIpc) is 3.06. The molecule has 1 aromatic carbocycles. The van der Waals surface area contributed by atoms with E-state index in [0.29, 0.717) is 24.6 Å². The summed E-state index contributed by atoms with van der Waals surface area (Å²) in [6.07, 6.45) is 0. The number of hydrogen-bond acceptors (Lipinski definition) is 5. The third kappa shape index (κ3) is 4.87. The van der Waals surface area contributed by atoms with Crippen molar-refractivity contribution in [1.29, 1.82) is 0 Å². The van der Waals surface area contributed by atoms with Crippen molar-refractivity contribution < 1.29 is 19.4 Å². The van der Waals surface area contributed by atoms with Crippen LogP contribution in [0, 0.1) is 0 Å². The number of hydrogen-bond donors (Lipinski definition) is 2. The van der Waals surface area contributed by atoms with E-state index in [1.165, 1.54) is 0 Å². The Morgan fingerprint density at radius 1 is 1.37 bits per heavy atom. The van der Waals surface area contributed by atoms with Crippen molar-refractivity contribution in [2.45, 2.75) is 31.8 Å². The number of ether oxygens (including phenoxy) is 2. The van der Waals surface area contributed by atoms with Crippen LogP contribution in [0.15, 0.2) is 36.4 Å². The van der Waals surface area contributed by atoms with Gasteiger partial charge in [0.05, 0.1) is 19.8 Å². The topological polar surface area (TPSA) is 87.7 Å². The molecular formula is C20H27N3O4. The van der Waals surface area contributed by atoms with E-state index < -0.39 is 5.60 Å². The molecular weight excluding hydrogens is 346 g/mol. The standard InChI is InChI=1S/C20H27N3O4/c1-19(2,3)17-11-16(21-22-17)18(24)23-9-10-26-13-20(25,12-23)14-27-15-7-5-4-6-8-15/h4-8,11,25H,9-10,12-14H2,1-3H3,(H,21,22)/t20-/m0/s1. The van der Waals surface area contributed by atoms with Gasteiger partial charge in [0.15, 0.2) is 0 Å². The number of nitrogens with zero attached hydrogens (tertiary/aromatic N) is 2. The van der Waals surface area contributed by atoms with Crippen molar-refractivity contribution in [3.8, 4) is 5.75 Å². The van der Waals surface area contributed by atoms with Crippen molar-refractivity contribution in [3.63, 3.8) is 0 Å². The summed E-state index contributed by atoms with van der Waals surface area (Å²) < 4.78 is 11.2. The van der Waals surface area contributed by atoms with Gasteiger partial charge < -0.3 is 19.5 Å². The summed E-state index contributed by atoms with van der Waals surface area (Å²) in [4.78, 5) is 14.5. The van der Waals surface area contributed by atoms with E-state index in [9.17, 15) is 9.90 Å². The summed E-state index contributed by atoms with van der Waals surface area (Å²) >= 11 is 0. The highest BCUT2D eigenvalue weighted by molar-refractivity contribution is 5.92. The number of rotatable bonds is 4. The van der Waals surface area contributed by atoms with E-state index in [1.54, 1.807) is 11.0 Å². The Labute approximate surface area is 159 Å². The second kappa shape index (κ2) is 7.70. The first-order chi connectivity index (χ1) is 12.8. The number of aromatic amines is 1. The zero-order valence-corrected chi connectivity index (χ0v) is 16.1. The van der Waals surface area contributed by atoms with Gasteiger partial charge >= 0.3 is 0 Å². The first kappa shape index (κ1) is 19.4. The van der Waals surface area contributed by atoms with Crippen molar-refractivity contribution in [1.82, 2.24) is 15.1 Å². The molecule has 2 heterocycles. The van der Waals surface area contributed by atoms with Gasteiger partial charge in [-0.3, -0.25) is 9.89 Å². The molecule has 1 aliphatic rings. The van der Waals surface area contributed by atoms with Crippen LogP contribution in [0.3, 0.4) is 0 Å². The fraction of sp³-hybridized carbons (Fsp3) is 0.500. The lowest BCUT2D eigenvalue weighted by Crippen LogP contribution is -2.50. The number of H-pyrrole nitrogens is 1. The smallest absolute Gasteiger partial charge is 0.274 e. The second-order valence-corrected chi connectivity index (χ2v) is 8.02. The number of aliphatic hydroxyl groups is 1. The number of β-amino-alcohol motifs (C(OH)–C–C–N with tert-alkyl or cyclic N) is 1. The molecule has 0 spiro atoms. The third-order valence-electron chi connectivity index (χ3n) is 4.50. The maximum Gasteiger partial charge on any atom is 0.274 e. The summed E-state index contributed by atoms with van der Waals surface area (Å²) in [7, 11) is 0. The predicted octanol–water partition coefficient (Wildman–Crippen LogP) is 1.99. The van der Waals surface area contributed by atoms with Gasteiger partial charge in [0, 0.05) is 17.7 Å². The Bertz CT molecular complexity index is 769. The molecule has 2 aromatic rings. The molecule has 0 radical (unpaired) electrons. The lowest BCUT2D eigenvalue weighted by atomic mass is 9.92. The van der Waals surface area contributed by atoms with Crippen LogP contribution >= 0.6 is 0 Å². The number of para-hydroxylation sites is 1. The van der Waals surface area contributed by atoms with Gasteiger partial charge in [-0.25, -0.2) is 0 Å². The molecule has 7 nitrogen and oxygen atoms in total. The number of aromatic nitrogens is 2. The Hall–Kier alpha value is -2.38. The fourth-order valence-electron chi connectivity index (χ4n) is 2.89. The molecule has 1 saturated heterocycles. The molecule has 146 valence electrons. The van der Waals surface area contributed by atoms with Crippen LogP contribution < -0.4 is 4.74 Å². The largest absolute Gasteiger partial charge is 0.490 e. The molecule has 7 heteroatoms. The lowest BCUT2D eigenvalue weighted by molar-refractivity contribution is -0.0621. The molecule has 1 atom stereocenters. The molecule has 0 aliphatic carbocycles. The zero-order chi connectivity index (χ0) is 19.5. The summed E-state index contributed by atoms with van der Waals surface area (Å²) in [6, 6.07) is 11.0. The number of benzene rings is 1. The van der Waals surface area contributed by atoms with Crippen LogP contribution in [0.1, 0.15) is 37.0 Å². The van der Waals surface area contributed by atoms with Crippen molar-refractivity contribution in [3.05, 3.63) is 47.8 Å². The van der Waals surface area contributed by atoms with Gasteiger partial charge in [-0.1, -0.05) is 39.0 Å². The zero-order valence-electron chi connectivity index (χ0n) is 16.1. The van der Waals surface area contributed by atoms with Crippen LogP contribution in [-0.2, 0) is 10.2 Å². The van der Waals surface area contributed by atoms with Gasteiger partial charge in [0.1, 0.15) is 23.7 Å². The van der Waals surface area contributed by atoms with Crippen LogP contribution in [-0.4, -0.2) is 64.6 Å². The lowest BCUT2D eigenvalue weighted by Gasteiger charge is -2.30. The van der Waals surface area contributed by atoms with E-state index in [-0.39, 0.29) is 31.1 Å². The SMILES string of the molecule is CC(C)(C)c1cc(C(=O)N2CCOC[C@](O)(COc3ccccc3)C2)n[nH]1. The Morgan fingerprint density at radius 2 is 2.11 bits per heavy atom. The van der Waals surface area contributed by atoms with E-state index in [0.717, 1.165) is 5.69 Å². The summed E-state index contributed by atoms with van der Waals surface area (Å²) in [5, 5.41) is 18.0. The van der Waals surface area contributed by atoms with Gasteiger partial charge in [-0.15, -0.1) is 0 Å². The first-order valence-electron chi connectivity index (χ1n) is 9.10. The van der Waals surface area contributed by atoms with Crippen molar-refractivity contribution in [2.24, 2.45) is 0 Å². The van der Waals surface area contributed by atoms with Crippen molar-refractivity contribution >= 4 is 5.91 Å². The van der Waals surface area contributed by atoms with Crippen LogP contribution in [0.2, 0.25) is 0 Å². The van der Waals surface area contributed by atoms with Crippen LogP contribution in [0.4, 0.5) is 0 Å². The molecule has 1 aliphatic heterocycles. The average molecular weight is 373 g/mol. The Balaban J connectivity index is 1.69. The fourth-order valence-corrected chi connectivity index (χ4v) is 2.89. The molecule has 27 heavy (non-hydrogen) atoms. The minimum absolute atomic E-state index is 0.0363. The number of nitrogens with one attached hydrogen (secondary N) is 1. The molecule has 2 N–H and O–H groups in total. The maximum atomic E-state index is 12.9. The minimum Gasteiger partial charge on any atom is -0.490 e. The van der Waals surface area contributed by atoms with Crippen LogP contribution in [0.5, 0.6) is 5.75 Å². The van der Waals surface area contributed by atoms with E-state index >= 15 is 0 Å². The first-order valence-corrected chi connectivity index (χ1v) is 9.10. The normalized spacial score (nSPS) is 21.0. The molecule has 0 bridgehead atoms. The highest BCUT2D eigenvalue weighted by atomic mass is 16.5.